The summed E-state index contributed by atoms with van der Waals surface area (Å²) in [6.07, 6.45) is 1.83. The predicted octanol–water partition coefficient (Wildman–Crippen LogP) is 2.65. The lowest BCUT2D eigenvalue weighted by Gasteiger charge is -2.08. The second-order valence-corrected chi connectivity index (χ2v) is 4.68. The van der Waals surface area contributed by atoms with E-state index in [1.54, 1.807) is 4.68 Å². The number of rotatable bonds is 4. The number of pyridine rings is 1. The average molecular weight is 265 g/mol. The van der Waals surface area contributed by atoms with Crippen molar-refractivity contribution in [3.8, 4) is 5.82 Å². The van der Waals surface area contributed by atoms with Gasteiger partial charge in [-0.15, -0.1) is 0 Å². The van der Waals surface area contributed by atoms with Crippen molar-refractivity contribution in [3.63, 3.8) is 0 Å². The summed E-state index contributed by atoms with van der Waals surface area (Å²) < 4.78 is 1.77. The molecule has 18 heavy (non-hydrogen) atoms. The molecule has 2 heterocycles. The summed E-state index contributed by atoms with van der Waals surface area (Å²) in [6.45, 7) is 7.72. The maximum atomic E-state index is 6.27. The minimum atomic E-state index is 0.622. The van der Waals surface area contributed by atoms with E-state index in [1.807, 2.05) is 32.2 Å². The van der Waals surface area contributed by atoms with Crippen molar-refractivity contribution in [1.82, 2.24) is 20.1 Å². The quantitative estimate of drug-likeness (QED) is 0.923. The first-order valence-corrected chi connectivity index (χ1v) is 6.38. The van der Waals surface area contributed by atoms with E-state index in [4.69, 9.17) is 11.6 Å². The zero-order valence-electron chi connectivity index (χ0n) is 10.9. The number of nitrogens with zero attached hydrogens (tertiary/aromatic N) is 3. The van der Waals surface area contributed by atoms with E-state index in [0.29, 0.717) is 10.8 Å². The van der Waals surface area contributed by atoms with Gasteiger partial charge in [0.25, 0.3) is 0 Å². The number of hydrogen-bond acceptors (Lipinski definition) is 3. The van der Waals surface area contributed by atoms with Crippen LogP contribution in [0.15, 0.2) is 18.3 Å². The standard InChI is InChI=1S/C13H17ClN4/c1-4-15-7-11-6-12(14)13(16-8-11)18-10(3)5-9(2)17-18/h5-6,8,15H,4,7H2,1-3H3. The topological polar surface area (TPSA) is 42.7 Å². The molecule has 4 nitrogen and oxygen atoms in total. The molecule has 0 aliphatic heterocycles. The number of hydrogen-bond donors (Lipinski definition) is 1. The van der Waals surface area contributed by atoms with E-state index >= 15 is 0 Å². The fraction of sp³-hybridized carbons (Fsp3) is 0.385. The molecule has 0 unspecified atom stereocenters. The molecule has 0 amide bonds. The molecule has 1 N–H and O–H groups in total. The first-order valence-electron chi connectivity index (χ1n) is 6.00. The van der Waals surface area contributed by atoms with Crippen LogP contribution >= 0.6 is 11.6 Å². The average Bonchev–Trinajstić information content (AvgIpc) is 2.66. The van der Waals surface area contributed by atoms with Gasteiger partial charge in [0.15, 0.2) is 5.82 Å². The Morgan fingerprint density at radius 1 is 1.33 bits per heavy atom. The van der Waals surface area contributed by atoms with Crippen LogP contribution in [0, 0.1) is 13.8 Å². The van der Waals surface area contributed by atoms with Gasteiger partial charge in [0.2, 0.25) is 0 Å². The lowest BCUT2D eigenvalue weighted by molar-refractivity contribution is 0.721. The summed E-state index contributed by atoms with van der Waals surface area (Å²) >= 11 is 6.27. The van der Waals surface area contributed by atoms with Gasteiger partial charge in [-0.05, 0) is 38.1 Å². The Labute approximate surface area is 112 Å². The largest absolute Gasteiger partial charge is 0.313 e. The van der Waals surface area contributed by atoms with E-state index in [1.165, 1.54) is 0 Å². The Balaban J connectivity index is 2.32. The summed E-state index contributed by atoms with van der Waals surface area (Å²) in [5.74, 6) is 0.683. The maximum Gasteiger partial charge on any atom is 0.172 e. The van der Waals surface area contributed by atoms with E-state index < -0.39 is 0 Å². The Hall–Kier alpha value is -1.39. The highest BCUT2D eigenvalue weighted by Gasteiger charge is 2.09. The Kier molecular flexibility index (Phi) is 3.99. The Morgan fingerprint density at radius 2 is 2.11 bits per heavy atom. The Morgan fingerprint density at radius 3 is 2.67 bits per heavy atom. The molecule has 96 valence electrons. The molecule has 0 atom stereocenters. The zero-order valence-corrected chi connectivity index (χ0v) is 11.6. The highest BCUT2D eigenvalue weighted by Crippen LogP contribution is 2.20. The van der Waals surface area contributed by atoms with E-state index in [2.05, 4.69) is 22.3 Å². The van der Waals surface area contributed by atoms with Crippen LogP contribution < -0.4 is 5.32 Å². The molecule has 0 bridgehead atoms. The molecular formula is C13H17ClN4. The van der Waals surface area contributed by atoms with Crippen LogP contribution in [0.4, 0.5) is 0 Å². The smallest absolute Gasteiger partial charge is 0.172 e. The van der Waals surface area contributed by atoms with Crippen LogP contribution in [-0.2, 0) is 6.54 Å². The van der Waals surface area contributed by atoms with Crippen LogP contribution in [0.2, 0.25) is 5.02 Å². The number of nitrogens with one attached hydrogen (secondary N) is 1. The lowest BCUT2D eigenvalue weighted by atomic mass is 10.3. The summed E-state index contributed by atoms with van der Waals surface area (Å²) in [5.41, 5.74) is 3.07. The number of halogens is 1. The molecule has 0 fully saturated rings. The van der Waals surface area contributed by atoms with Crippen molar-refractivity contribution < 1.29 is 0 Å². The highest BCUT2D eigenvalue weighted by atomic mass is 35.5. The van der Waals surface area contributed by atoms with Gasteiger partial charge in [-0.3, -0.25) is 0 Å². The van der Waals surface area contributed by atoms with Crippen molar-refractivity contribution in [2.75, 3.05) is 6.54 Å². The fourth-order valence-electron chi connectivity index (χ4n) is 1.84. The molecule has 0 aliphatic rings. The van der Waals surface area contributed by atoms with Crippen molar-refractivity contribution in [2.45, 2.75) is 27.3 Å². The van der Waals surface area contributed by atoms with Crippen LogP contribution in [0.25, 0.3) is 5.82 Å². The fourth-order valence-corrected chi connectivity index (χ4v) is 2.10. The Bertz CT molecular complexity index is 548. The molecule has 0 saturated carbocycles. The van der Waals surface area contributed by atoms with Gasteiger partial charge in [-0.1, -0.05) is 18.5 Å². The number of aryl methyl sites for hydroxylation is 2. The molecule has 5 heteroatoms. The molecule has 0 spiro atoms. The second-order valence-electron chi connectivity index (χ2n) is 4.27. The first kappa shape index (κ1) is 13.1. The van der Waals surface area contributed by atoms with Crippen molar-refractivity contribution in [1.29, 1.82) is 0 Å². The summed E-state index contributed by atoms with van der Waals surface area (Å²) in [4.78, 5) is 4.40. The van der Waals surface area contributed by atoms with Crippen LogP contribution in [0.3, 0.4) is 0 Å². The van der Waals surface area contributed by atoms with Crippen molar-refractivity contribution >= 4 is 11.6 Å². The van der Waals surface area contributed by atoms with E-state index in [0.717, 1.165) is 30.0 Å². The van der Waals surface area contributed by atoms with Gasteiger partial charge in [-0.2, -0.15) is 5.10 Å². The first-order chi connectivity index (χ1) is 8.61. The van der Waals surface area contributed by atoms with Crippen LogP contribution in [0.5, 0.6) is 0 Å². The van der Waals surface area contributed by atoms with Gasteiger partial charge in [0, 0.05) is 18.4 Å². The van der Waals surface area contributed by atoms with Crippen LogP contribution in [-0.4, -0.2) is 21.3 Å². The lowest BCUT2D eigenvalue weighted by Crippen LogP contribution is -2.12. The molecule has 0 aromatic carbocycles. The third-order valence-electron chi connectivity index (χ3n) is 2.67. The predicted molar refractivity (Wildman–Crippen MR) is 73.2 cm³/mol. The SMILES string of the molecule is CCNCc1cnc(-n2nc(C)cc2C)c(Cl)c1. The van der Waals surface area contributed by atoms with E-state index in [-0.39, 0.29) is 0 Å². The normalized spacial score (nSPS) is 10.9. The third kappa shape index (κ3) is 2.71. The van der Waals surface area contributed by atoms with Gasteiger partial charge >= 0.3 is 0 Å². The van der Waals surface area contributed by atoms with Gasteiger partial charge in [0.05, 0.1) is 10.7 Å². The van der Waals surface area contributed by atoms with E-state index in [9.17, 15) is 0 Å². The molecule has 2 rings (SSSR count). The molecule has 2 aromatic rings. The van der Waals surface area contributed by atoms with Gasteiger partial charge < -0.3 is 5.32 Å². The third-order valence-corrected chi connectivity index (χ3v) is 2.95. The molecule has 0 saturated heterocycles. The summed E-state index contributed by atoms with van der Waals surface area (Å²) in [5, 5.41) is 8.25. The monoisotopic (exact) mass is 264 g/mol. The van der Waals surface area contributed by atoms with Crippen LogP contribution in [0.1, 0.15) is 23.9 Å². The zero-order chi connectivity index (χ0) is 13.1. The minimum Gasteiger partial charge on any atom is -0.313 e. The minimum absolute atomic E-state index is 0.622. The second kappa shape index (κ2) is 5.50. The molecule has 2 aromatic heterocycles. The summed E-state index contributed by atoms with van der Waals surface area (Å²) in [6, 6.07) is 3.94. The van der Waals surface area contributed by atoms with Gasteiger partial charge in [0.1, 0.15) is 0 Å². The van der Waals surface area contributed by atoms with Crippen molar-refractivity contribution in [2.24, 2.45) is 0 Å². The molecule has 0 radical (unpaired) electrons. The maximum absolute atomic E-state index is 6.27. The molecule has 0 aliphatic carbocycles. The number of aromatic nitrogens is 3. The van der Waals surface area contributed by atoms with Crippen molar-refractivity contribution in [3.05, 3.63) is 40.3 Å². The van der Waals surface area contributed by atoms with Gasteiger partial charge in [-0.25, -0.2) is 9.67 Å². The highest BCUT2D eigenvalue weighted by molar-refractivity contribution is 6.32. The molecular weight excluding hydrogens is 248 g/mol. The summed E-state index contributed by atoms with van der Waals surface area (Å²) in [7, 11) is 0.